The van der Waals surface area contributed by atoms with Crippen LogP contribution in [0.1, 0.15) is 37.3 Å². The lowest BCUT2D eigenvalue weighted by Crippen LogP contribution is -2.43. The molecule has 0 aliphatic rings. The first-order chi connectivity index (χ1) is 14.0. The number of benzene rings is 2. The number of amides is 2. The van der Waals surface area contributed by atoms with Crippen molar-refractivity contribution in [3.8, 4) is 10.6 Å². The van der Waals surface area contributed by atoms with Crippen LogP contribution < -0.4 is 10.6 Å². The molecule has 0 saturated heterocycles. The number of anilines is 1. The second-order valence-electron chi connectivity index (χ2n) is 6.87. The molecule has 2 unspecified atom stereocenters. The lowest BCUT2D eigenvalue weighted by Gasteiger charge is -2.19. The third-order valence-corrected chi connectivity index (χ3v) is 5.49. The minimum absolute atomic E-state index is 0.168. The minimum Gasteiger partial charge on any atom is -0.344 e. The van der Waals surface area contributed by atoms with Gasteiger partial charge in [0.25, 0.3) is 0 Å². The van der Waals surface area contributed by atoms with Crippen LogP contribution in [0.3, 0.4) is 0 Å². The summed E-state index contributed by atoms with van der Waals surface area (Å²) in [5.74, 6) is -0.784. The molecule has 0 fully saturated rings. The fraction of sp³-hybridized carbons (Fsp3) is 0.273. The van der Waals surface area contributed by atoms with Gasteiger partial charge in [-0.1, -0.05) is 72.4 Å². The van der Waals surface area contributed by atoms with Gasteiger partial charge >= 0.3 is 0 Å². The lowest BCUT2D eigenvalue weighted by molar-refractivity contribution is -0.127. The number of hydrogen-bond donors (Lipinski definition) is 2. The standard InChI is InChI=1S/C22H24N4O2S/c1-4-18(16-10-6-5-7-11-16)20(28)23-15(3)19(27)24-22-26-25-21(29-22)17-12-8-9-14(2)13-17/h5-13,15,18H,4H2,1-3H3,(H,23,28)(H,24,26,27). The Morgan fingerprint density at radius 1 is 1.03 bits per heavy atom. The Labute approximate surface area is 174 Å². The number of hydrogen-bond acceptors (Lipinski definition) is 5. The molecule has 1 aromatic heterocycles. The van der Waals surface area contributed by atoms with Crippen LogP contribution in [0.25, 0.3) is 10.6 Å². The van der Waals surface area contributed by atoms with Crippen LogP contribution in [-0.2, 0) is 9.59 Å². The van der Waals surface area contributed by atoms with E-state index in [9.17, 15) is 9.59 Å². The zero-order chi connectivity index (χ0) is 20.8. The van der Waals surface area contributed by atoms with Crippen molar-refractivity contribution in [2.75, 3.05) is 5.32 Å². The molecule has 3 rings (SSSR count). The molecule has 2 amide bonds. The van der Waals surface area contributed by atoms with Crippen molar-refractivity contribution in [3.05, 3.63) is 65.7 Å². The summed E-state index contributed by atoms with van der Waals surface area (Å²) in [5, 5.41) is 14.9. The zero-order valence-electron chi connectivity index (χ0n) is 16.7. The molecule has 2 N–H and O–H groups in total. The van der Waals surface area contributed by atoms with Gasteiger partial charge in [-0.05, 0) is 31.9 Å². The highest BCUT2D eigenvalue weighted by Crippen LogP contribution is 2.27. The number of rotatable bonds is 7. The SMILES string of the molecule is CCC(C(=O)NC(C)C(=O)Nc1nnc(-c2cccc(C)c2)s1)c1ccccc1. The number of nitrogens with one attached hydrogen (secondary N) is 2. The van der Waals surface area contributed by atoms with Gasteiger partial charge in [0.05, 0.1) is 5.92 Å². The summed E-state index contributed by atoms with van der Waals surface area (Å²) < 4.78 is 0. The van der Waals surface area contributed by atoms with Crippen molar-refractivity contribution in [1.29, 1.82) is 0 Å². The molecule has 6 nitrogen and oxygen atoms in total. The summed E-state index contributed by atoms with van der Waals surface area (Å²) in [5.41, 5.74) is 3.02. The maximum Gasteiger partial charge on any atom is 0.248 e. The summed E-state index contributed by atoms with van der Waals surface area (Å²) in [7, 11) is 0. The van der Waals surface area contributed by atoms with Crippen molar-refractivity contribution in [2.24, 2.45) is 0 Å². The Hall–Kier alpha value is -3.06. The van der Waals surface area contributed by atoms with E-state index in [2.05, 4.69) is 20.8 Å². The van der Waals surface area contributed by atoms with Crippen LogP contribution in [0, 0.1) is 6.92 Å². The number of carbonyl (C=O) groups excluding carboxylic acids is 2. The Balaban J connectivity index is 1.61. The second kappa shape index (κ2) is 9.43. The van der Waals surface area contributed by atoms with Crippen LogP contribution in [-0.4, -0.2) is 28.1 Å². The first kappa shape index (κ1) is 20.7. The lowest BCUT2D eigenvalue weighted by atomic mass is 9.95. The summed E-state index contributed by atoms with van der Waals surface area (Å²) in [6, 6.07) is 16.8. The number of aromatic nitrogens is 2. The highest BCUT2D eigenvalue weighted by atomic mass is 32.1. The van der Waals surface area contributed by atoms with E-state index in [0.29, 0.717) is 11.6 Å². The number of carbonyl (C=O) groups is 2. The van der Waals surface area contributed by atoms with Gasteiger partial charge in [0, 0.05) is 5.56 Å². The summed E-state index contributed by atoms with van der Waals surface area (Å²) in [6.45, 7) is 5.63. The molecule has 0 aliphatic carbocycles. The first-order valence-electron chi connectivity index (χ1n) is 9.54. The van der Waals surface area contributed by atoms with Crippen LogP contribution in [0.5, 0.6) is 0 Å². The van der Waals surface area contributed by atoms with Gasteiger partial charge in [0.1, 0.15) is 11.0 Å². The molecule has 0 saturated carbocycles. The molecule has 2 atom stereocenters. The van der Waals surface area contributed by atoms with Gasteiger partial charge in [0.2, 0.25) is 16.9 Å². The molecular formula is C22H24N4O2S. The van der Waals surface area contributed by atoms with E-state index in [0.717, 1.165) is 21.7 Å². The molecule has 0 aliphatic heterocycles. The first-order valence-corrected chi connectivity index (χ1v) is 10.4. The molecule has 29 heavy (non-hydrogen) atoms. The molecule has 0 spiro atoms. The van der Waals surface area contributed by atoms with Gasteiger partial charge in [-0.15, -0.1) is 10.2 Å². The number of aryl methyl sites for hydroxylation is 1. The summed E-state index contributed by atoms with van der Waals surface area (Å²) >= 11 is 1.30. The fourth-order valence-electron chi connectivity index (χ4n) is 3.02. The van der Waals surface area contributed by atoms with Crippen molar-refractivity contribution in [2.45, 2.75) is 39.2 Å². The molecule has 3 aromatic rings. The third kappa shape index (κ3) is 5.26. The molecule has 1 heterocycles. The van der Waals surface area contributed by atoms with E-state index in [4.69, 9.17) is 0 Å². The Bertz CT molecular complexity index is 987. The smallest absolute Gasteiger partial charge is 0.248 e. The highest BCUT2D eigenvalue weighted by molar-refractivity contribution is 7.18. The van der Waals surface area contributed by atoms with Gasteiger partial charge in [-0.2, -0.15) is 0 Å². The van der Waals surface area contributed by atoms with E-state index >= 15 is 0 Å². The van der Waals surface area contributed by atoms with E-state index in [1.165, 1.54) is 11.3 Å². The largest absolute Gasteiger partial charge is 0.344 e. The van der Waals surface area contributed by atoms with Crippen molar-refractivity contribution >= 4 is 28.3 Å². The average molecular weight is 409 g/mol. The topological polar surface area (TPSA) is 84.0 Å². The highest BCUT2D eigenvalue weighted by Gasteiger charge is 2.23. The predicted molar refractivity (Wildman–Crippen MR) is 116 cm³/mol. The average Bonchev–Trinajstić information content (AvgIpc) is 3.18. The van der Waals surface area contributed by atoms with Crippen molar-refractivity contribution < 1.29 is 9.59 Å². The Kier molecular flexibility index (Phi) is 6.72. The van der Waals surface area contributed by atoms with E-state index in [-0.39, 0.29) is 17.7 Å². The molecule has 7 heteroatoms. The van der Waals surface area contributed by atoms with Gasteiger partial charge < -0.3 is 5.32 Å². The van der Waals surface area contributed by atoms with Crippen LogP contribution in [0.2, 0.25) is 0 Å². The van der Waals surface area contributed by atoms with Crippen LogP contribution in [0.15, 0.2) is 54.6 Å². The molecule has 0 radical (unpaired) electrons. The molecular weight excluding hydrogens is 384 g/mol. The normalized spacial score (nSPS) is 12.8. The van der Waals surface area contributed by atoms with Gasteiger partial charge in [0.15, 0.2) is 0 Å². The Morgan fingerprint density at radius 2 is 1.79 bits per heavy atom. The summed E-state index contributed by atoms with van der Waals surface area (Å²) in [6.07, 6.45) is 0.653. The monoisotopic (exact) mass is 408 g/mol. The van der Waals surface area contributed by atoms with Crippen molar-refractivity contribution in [3.63, 3.8) is 0 Å². The Morgan fingerprint density at radius 3 is 2.48 bits per heavy atom. The van der Waals surface area contributed by atoms with Crippen LogP contribution in [0.4, 0.5) is 5.13 Å². The second-order valence-corrected chi connectivity index (χ2v) is 7.85. The van der Waals surface area contributed by atoms with Crippen molar-refractivity contribution in [1.82, 2.24) is 15.5 Å². The maximum atomic E-state index is 12.6. The van der Waals surface area contributed by atoms with E-state index < -0.39 is 6.04 Å². The van der Waals surface area contributed by atoms with E-state index in [1.807, 2.05) is 68.4 Å². The third-order valence-electron chi connectivity index (χ3n) is 4.60. The van der Waals surface area contributed by atoms with Gasteiger partial charge in [-0.25, -0.2) is 0 Å². The number of nitrogens with zero attached hydrogens (tertiary/aromatic N) is 2. The molecule has 150 valence electrons. The van der Waals surface area contributed by atoms with Gasteiger partial charge in [-0.3, -0.25) is 14.9 Å². The van der Waals surface area contributed by atoms with E-state index in [1.54, 1.807) is 6.92 Å². The minimum atomic E-state index is -0.688. The maximum absolute atomic E-state index is 12.6. The fourth-order valence-corrected chi connectivity index (χ4v) is 3.76. The predicted octanol–water partition coefficient (Wildman–Crippen LogP) is 4.15. The quantitative estimate of drug-likeness (QED) is 0.615. The summed E-state index contributed by atoms with van der Waals surface area (Å²) in [4.78, 5) is 25.2. The molecule has 0 bridgehead atoms. The molecule has 2 aromatic carbocycles. The van der Waals surface area contributed by atoms with Crippen LogP contribution >= 0.6 is 11.3 Å². The zero-order valence-corrected chi connectivity index (χ0v) is 17.5.